The predicted octanol–water partition coefficient (Wildman–Crippen LogP) is 5.31. The maximum Gasteiger partial charge on any atom is 0.404 e. The van der Waals surface area contributed by atoms with Crippen molar-refractivity contribution in [2.24, 2.45) is 0 Å². The van der Waals surface area contributed by atoms with Crippen molar-refractivity contribution in [3.05, 3.63) is 40.9 Å². The molecule has 0 aliphatic heterocycles. The van der Waals surface area contributed by atoms with Gasteiger partial charge in [0.25, 0.3) is 0 Å². The van der Waals surface area contributed by atoms with Gasteiger partial charge in [-0.15, -0.1) is 0 Å². The van der Waals surface area contributed by atoms with Crippen LogP contribution in [0.4, 0.5) is 13.2 Å². The number of ether oxygens (including phenoxy) is 1. The number of rotatable bonds is 3. The summed E-state index contributed by atoms with van der Waals surface area (Å²) in [5.74, 6) is 0.396. The van der Waals surface area contributed by atoms with E-state index in [0.29, 0.717) is 10.2 Å². The molecule has 2 rings (SSSR count). The van der Waals surface area contributed by atoms with E-state index in [1.165, 1.54) is 0 Å². The first-order valence-corrected chi connectivity index (χ1v) is 7.11. The largest absolute Gasteiger partial charge is 0.491 e. The topological polar surface area (TPSA) is 9.23 Å². The lowest BCUT2D eigenvalue weighted by molar-refractivity contribution is -0.132. The fourth-order valence-electron chi connectivity index (χ4n) is 1.58. The van der Waals surface area contributed by atoms with Gasteiger partial charge < -0.3 is 4.74 Å². The number of fused-ring (bicyclic) bond motifs is 1. The van der Waals surface area contributed by atoms with Gasteiger partial charge in [0.1, 0.15) is 17.2 Å². The predicted molar refractivity (Wildman–Crippen MR) is 75.9 cm³/mol. The monoisotopic (exact) mass is 396 g/mol. The number of benzene rings is 2. The number of alkyl halides is 4. The van der Waals surface area contributed by atoms with E-state index in [4.69, 9.17) is 4.74 Å². The van der Waals surface area contributed by atoms with Gasteiger partial charge >= 0.3 is 6.18 Å². The molecule has 1 nitrogen and oxygen atoms in total. The van der Waals surface area contributed by atoms with Gasteiger partial charge in [0.05, 0.1) is 4.47 Å². The molecule has 0 aromatic heterocycles. The van der Waals surface area contributed by atoms with E-state index < -0.39 is 17.6 Å². The Kier molecular flexibility index (Phi) is 4.40. The second kappa shape index (κ2) is 5.71. The normalized spacial score (nSPS) is 13.5. The third kappa shape index (κ3) is 3.42. The van der Waals surface area contributed by atoms with E-state index >= 15 is 0 Å². The first kappa shape index (κ1) is 14.7. The SMILES string of the molecule is FC(F)(F)C(Br)COc1ccc2ccccc2c1Br. The summed E-state index contributed by atoms with van der Waals surface area (Å²) in [6, 6.07) is 11.0. The third-order valence-corrected chi connectivity index (χ3v) is 4.17. The standard InChI is InChI=1S/C13H9Br2F3O/c14-11(13(16,17)18)7-19-10-6-5-8-3-1-2-4-9(8)12(10)15/h1-6,11H,7H2. The second-order valence-corrected chi connectivity index (χ2v) is 5.82. The second-order valence-electron chi connectivity index (χ2n) is 3.92. The van der Waals surface area contributed by atoms with Gasteiger partial charge in [0.15, 0.2) is 0 Å². The van der Waals surface area contributed by atoms with Crippen molar-refractivity contribution in [1.29, 1.82) is 0 Å². The first-order valence-electron chi connectivity index (χ1n) is 5.40. The van der Waals surface area contributed by atoms with Crippen molar-refractivity contribution in [3.63, 3.8) is 0 Å². The van der Waals surface area contributed by atoms with Crippen LogP contribution in [0.5, 0.6) is 5.75 Å². The Morgan fingerprint density at radius 1 is 1.11 bits per heavy atom. The molecule has 2 aromatic rings. The van der Waals surface area contributed by atoms with Gasteiger partial charge in [0, 0.05) is 0 Å². The summed E-state index contributed by atoms with van der Waals surface area (Å²) in [5, 5.41) is 1.89. The molecule has 102 valence electrons. The van der Waals surface area contributed by atoms with E-state index in [0.717, 1.165) is 10.8 Å². The van der Waals surface area contributed by atoms with Crippen molar-refractivity contribution in [3.8, 4) is 5.75 Å². The van der Waals surface area contributed by atoms with Crippen molar-refractivity contribution >= 4 is 42.6 Å². The van der Waals surface area contributed by atoms with Gasteiger partial charge in [0.2, 0.25) is 0 Å². The molecule has 0 saturated carbocycles. The Morgan fingerprint density at radius 2 is 1.79 bits per heavy atom. The Labute approximate surface area is 125 Å². The summed E-state index contributed by atoms with van der Waals surface area (Å²) < 4.78 is 43.0. The lowest BCUT2D eigenvalue weighted by Gasteiger charge is -2.16. The molecule has 0 bridgehead atoms. The Bertz CT molecular complexity index is 584. The summed E-state index contributed by atoms with van der Waals surface area (Å²) in [4.78, 5) is -1.68. The van der Waals surface area contributed by atoms with Crippen LogP contribution >= 0.6 is 31.9 Å². The molecule has 0 aliphatic carbocycles. The zero-order valence-corrected chi connectivity index (χ0v) is 12.7. The minimum atomic E-state index is -4.32. The number of hydrogen-bond acceptors (Lipinski definition) is 1. The van der Waals surface area contributed by atoms with Crippen LogP contribution in [-0.4, -0.2) is 17.6 Å². The van der Waals surface area contributed by atoms with Crippen LogP contribution in [0, 0.1) is 0 Å². The maximum atomic E-state index is 12.4. The highest BCUT2D eigenvalue weighted by atomic mass is 79.9. The molecule has 0 heterocycles. The van der Waals surface area contributed by atoms with Gasteiger partial charge in [-0.05, 0) is 32.8 Å². The van der Waals surface area contributed by atoms with Crippen LogP contribution in [0.25, 0.3) is 10.8 Å². The zero-order valence-electron chi connectivity index (χ0n) is 9.55. The van der Waals surface area contributed by atoms with E-state index in [9.17, 15) is 13.2 Å². The summed E-state index contributed by atoms with van der Waals surface area (Å²) in [6.45, 7) is -0.472. The quantitative estimate of drug-likeness (QED) is 0.638. The van der Waals surface area contributed by atoms with Crippen LogP contribution in [-0.2, 0) is 0 Å². The smallest absolute Gasteiger partial charge is 0.404 e. The van der Waals surface area contributed by atoms with Crippen molar-refractivity contribution in [2.75, 3.05) is 6.61 Å². The molecular weight excluding hydrogens is 389 g/mol. The van der Waals surface area contributed by atoms with Gasteiger partial charge in [-0.25, -0.2) is 0 Å². The molecular formula is C13H9Br2F3O. The average molecular weight is 398 g/mol. The fraction of sp³-hybridized carbons (Fsp3) is 0.231. The highest BCUT2D eigenvalue weighted by Gasteiger charge is 2.38. The summed E-state index contributed by atoms with van der Waals surface area (Å²) in [5.41, 5.74) is 0. The molecule has 0 amide bonds. The molecule has 0 aliphatic rings. The molecule has 0 saturated heterocycles. The molecule has 0 radical (unpaired) electrons. The zero-order chi connectivity index (χ0) is 14.0. The van der Waals surface area contributed by atoms with Crippen LogP contribution in [0.15, 0.2) is 40.9 Å². The van der Waals surface area contributed by atoms with Gasteiger partial charge in [-0.2, -0.15) is 13.2 Å². The van der Waals surface area contributed by atoms with Crippen molar-refractivity contribution < 1.29 is 17.9 Å². The first-order chi connectivity index (χ1) is 8.89. The van der Waals surface area contributed by atoms with E-state index in [1.807, 2.05) is 30.3 Å². The molecule has 2 aromatic carbocycles. The summed E-state index contributed by atoms with van der Waals surface area (Å²) in [7, 11) is 0. The molecule has 19 heavy (non-hydrogen) atoms. The molecule has 0 fully saturated rings. The molecule has 0 spiro atoms. The average Bonchev–Trinajstić information content (AvgIpc) is 2.37. The van der Waals surface area contributed by atoms with Crippen molar-refractivity contribution in [1.82, 2.24) is 0 Å². The molecule has 0 N–H and O–H groups in total. The Balaban J connectivity index is 2.20. The highest BCUT2D eigenvalue weighted by Crippen LogP contribution is 2.34. The van der Waals surface area contributed by atoms with Crippen LogP contribution < -0.4 is 4.74 Å². The minimum Gasteiger partial charge on any atom is -0.491 e. The highest BCUT2D eigenvalue weighted by molar-refractivity contribution is 9.10. The lowest BCUT2D eigenvalue weighted by Crippen LogP contribution is -2.28. The van der Waals surface area contributed by atoms with Crippen LogP contribution in [0.1, 0.15) is 0 Å². The van der Waals surface area contributed by atoms with Gasteiger partial charge in [-0.1, -0.05) is 46.3 Å². The molecule has 6 heteroatoms. The van der Waals surface area contributed by atoms with E-state index in [1.54, 1.807) is 6.07 Å². The van der Waals surface area contributed by atoms with Crippen LogP contribution in [0.2, 0.25) is 0 Å². The third-order valence-electron chi connectivity index (χ3n) is 2.57. The van der Waals surface area contributed by atoms with E-state index in [-0.39, 0.29) is 0 Å². The summed E-state index contributed by atoms with van der Waals surface area (Å²) in [6.07, 6.45) is -4.32. The van der Waals surface area contributed by atoms with Crippen LogP contribution in [0.3, 0.4) is 0 Å². The summed E-state index contributed by atoms with van der Waals surface area (Å²) >= 11 is 5.93. The van der Waals surface area contributed by atoms with Crippen molar-refractivity contribution in [2.45, 2.75) is 11.0 Å². The molecule has 1 unspecified atom stereocenters. The molecule has 1 atom stereocenters. The van der Waals surface area contributed by atoms with E-state index in [2.05, 4.69) is 31.9 Å². The minimum absolute atomic E-state index is 0.396. The maximum absolute atomic E-state index is 12.4. The fourth-order valence-corrected chi connectivity index (χ4v) is 2.32. The lowest BCUT2D eigenvalue weighted by atomic mass is 10.1. The number of hydrogen-bond donors (Lipinski definition) is 0. The Morgan fingerprint density at radius 3 is 2.47 bits per heavy atom. The number of halogens is 5. The Hall–Kier alpha value is -0.750. The van der Waals surface area contributed by atoms with Gasteiger partial charge in [-0.3, -0.25) is 0 Å².